The SMILES string of the molecule is Cc1ccc(C(=O)O)cc1S(=O)(=O)C1CCC(C)CC1. The van der Waals surface area contributed by atoms with Crippen molar-refractivity contribution in [2.24, 2.45) is 5.92 Å². The predicted molar refractivity (Wildman–Crippen MR) is 76.7 cm³/mol. The summed E-state index contributed by atoms with van der Waals surface area (Å²) in [7, 11) is -3.44. The van der Waals surface area contributed by atoms with Crippen molar-refractivity contribution < 1.29 is 18.3 Å². The minimum absolute atomic E-state index is 0.0263. The lowest BCUT2D eigenvalue weighted by Crippen LogP contribution is -2.27. The standard InChI is InChI=1S/C15H20O4S/c1-10-3-7-13(8-4-10)20(18,19)14-9-12(15(16)17)6-5-11(14)2/h5-6,9-10,13H,3-4,7-8H2,1-2H3,(H,16,17). The highest BCUT2D eigenvalue weighted by atomic mass is 32.2. The molecule has 5 heteroatoms. The van der Waals surface area contributed by atoms with Crippen molar-refractivity contribution in [1.82, 2.24) is 0 Å². The van der Waals surface area contributed by atoms with Crippen LogP contribution in [0, 0.1) is 12.8 Å². The maximum Gasteiger partial charge on any atom is 0.335 e. The van der Waals surface area contributed by atoms with Crippen molar-refractivity contribution in [3.63, 3.8) is 0 Å². The van der Waals surface area contributed by atoms with E-state index >= 15 is 0 Å². The second-order valence-corrected chi connectivity index (χ2v) is 7.91. The number of aromatic carboxylic acids is 1. The Balaban J connectivity index is 2.38. The van der Waals surface area contributed by atoms with Gasteiger partial charge in [0.25, 0.3) is 0 Å². The zero-order valence-electron chi connectivity index (χ0n) is 11.8. The molecule has 1 N–H and O–H groups in total. The Kier molecular flexibility index (Phi) is 4.18. The number of hydrogen-bond donors (Lipinski definition) is 1. The maximum atomic E-state index is 12.7. The van der Waals surface area contributed by atoms with Crippen LogP contribution in [0.25, 0.3) is 0 Å². The van der Waals surface area contributed by atoms with Gasteiger partial charge in [-0.15, -0.1) is 0 Å². The van der Waals surface area contributed by atoms with E-state index in [0.717, 1.165) is 12.8 Å². The van der Waals surface area contributed by atoms with Gasteiger partial charge in [0.2, 0.25) is 0 Å². The largest absolute Gasteiger partial charge is 0.478 e. The van der Waals surface area contributed by atoms with Gasteiger partial charge in [-0.25, -0.2) is 13.2 Å². The van der Waals surface area contributed by atoms with E-state index in [9.17, 15) is 13.2 Å². The third-order valence-corrected chi connectivity index (χ3v) is 6.55. The Morgan fingerprint density at radius 3 is 2.35 bits per heavy atom. The first-order valence-corrected chi connectivity index (χ1v) is 8.45. The Morgan fingerprint density at radius 1 is 1.20 bits per heavy atom. The van der Waals surface area contributed by atoms with Gasteiger partial charge in [0, 0.05) is 0 Å². The second kappa shape index (κ2) is 5.56. The van der Waals surface area contributed by atoms with E-state index in [2.05, 4.69) is 6.92 Å². The van der Waals surface area contributed by atoms with Gasteiger partial charge < -0.3 is 5.11 Å². The molecule has 0 atom stereocenters. The Morgan fingerprint density at radius 2 is 1.80 bits per heavy atom. The molecule has 1 aromatic carbocycles. The van der Waals surface area contributed by atoms with Crippen molar-refractivity contribution in [3.05, 3.63) is 29.3 Å². The molecule has 0 heterocycles. The lowest BCUT2D eigenvalue weighted by Gasteiger charge is -2.26. The lowest BCUT2D eigenvalue weighted by molar-refractivity contribution is 0.0696. The van der Waals surface area contributed by atoms with Crippen LogP contribution >= 0.6 is 0 Å². The van der Waals surface area contributed by atoms with Crippen LogP contribution in [0.15, 0.2) is 23.1 Å². The molecule has 1 aromatic rings. The molecule has 2 rings (SSSR count). The normalized spacial score (nSPS) is 23.5. The molecule has 1 aliphatic rings. The van der Waals surface area contributed by atoms with E-state index in [1.807, 2.05) is 0 Å². The zero-order valence-corrected chi connectivity index (χ0v) is 12.6. The molecule has 0 radical (unpaired) electrons. The average Bonchev–Trinajstić information content (AvgIpc) is 2.39. The molecule has 1 fully saturated rings. The molecule has 0 spiro atoms. The molecule has 20 heavy (non-hydrogen) atoms. The molecule has 0 amide bonds. The van der Waals surface area contributed by atoms with Crippen molar-refractivity contribution in [1.29, 1.82) is 0 Å². The van der Waals surface area contributed by atoms with Crippen molar-refractivity contribution in [2.75, 3.05) is 0 Å². The van der Waals surface area contributed by atoms with Crippen LogP contribution < -0.4 is 0 Å². The Labute approximate surface area is 119 Å². The average molecular weight is 296 g/mol. The zero-order chi connectivity index (χ0) is 14.9. The van der Waals surface area contributed by atoms with Gasteiger partial charge in [-0.3, -0.25) is 0 Å². The quantitative estimate of drug-likeness (QED) is 0.930. The predicted octanol–water partition coefficient (Wildman–Crippen LogP) is 3.05. The van der Waals surface area contributed by atoms with E-state index in [4.69, 9.17) is 5.11 Å². The third kappa shape index (κ3) is 2.87. The molecule has 4 nitrogen and oxygen atoms in total. The summed E-state index contributed by atoms with van der Waals surface area (Å²) in [6.07, 6.45) is 3.17. The molecule has 0 saturated heterocycles. The highest BCUT2D eigenvalue weighted by Gasteiger charge is 2.32. The minimum atomic E-state index is -3.44. The first kappa shape index (κ1) is 15.0. The molecule has 1 aliphatic carbocycles. The summed E-state index contributed by atoms with van der Waals surface area (Å²) in [4.78, 5) is 11.2. The van der Waals surface area contributed by atoms with E-state index in [-0.39, 0.29) is 15.7 Å². The number of benzene rings is 1. The molecule has 0 aromatic heterocycles. The maximum absolute atomic E-state index is 12.7. The fourth-order valence-corrected chi connectivity index (χ4v) is 4.82. The van der Waals surface area contributed by atoms with Gasteiger partial charge in [-0.05, 0) is 56.2 Å². The first-order valence-electron chi connectivity index (χ1n) is 6.90. The van der Waals surface area contributed by atoms with Crippen molar-refractivity contribution in [2.45, 2.75) is 49.7 Å². The highest BCUT2D eigenvalue weighted by molar-refractivity contribution is 7.92. The van der Waals surface area contributed by atoms with Gasteiger partial charge in [-0.2, -0.15) is 0 Å². The minimum Gasteiger partial charge on any atom is -0.478 e. The smallest absolute Gasteiger partial charge is 0.335 e. The van der Waals surface area contributed by atoms with Crippen LogP contribution in [0.5, 0.6) is 0 Å². The monoisotopic (exact) mass is 296 g/mol. The van der Waals surface area contributed by atoms with Crippen LogP contribution in [0.2, 0.25) is 0 Å². The number of rotatable bonds is 3. The summed E-state index contributed by atoms with van der Waals surface area (Å²) in [6, 6.07) is 4.31. The third-order valence-electron chi connectivity index (χ3n) is 4.14. The van der Waals surface area contributed by atoms with E-state index in [1.165, 1.54) is 12.1 Å². The van der Waals surface area contributed by atoms with E-state index in [0.29, 0.717) is 24.3 Å². The molecule has 0 unspecified atom stereocenters. The molecule has 1 saturated carbocycles. The number of carboxylic acids is 1. The highest BCUT2D eigenvalue weighted by Crippen LogP contribution is 2.32. The van der Waals surface area contributed by atoms with Gasteiger partial charge >= 0.3 is 5.97 Å². The van der Waals surface area contributed by atoms with E-state index in [1.54, 1.807) is 13.0 Å². The Hall–Kier alpha value is -1.36. The fourth-order valence-electron chi connectivity index (χ4n) is 2.76. The summed E-state index contributed by atoms with van der Waals surface area (Å²) >= 11 is 0. The second-order valence-electron chi connectivity index (χ2n) is 5.71. The number of carbonyl (C=O) groups is 1. The van der Waals surface area contributed by atoms with Crippen LogP contribution in [0.1, 0.15) is 48.5 Å². The number of carboxylic acid groups (broad SMARTS) is 1. The van der Waals surface area contributed by atoms with Crippen molar-refractivity contribution >= 4 is 15.8 Å². The van der Waals surface area contributed by atoms with Crippen LogP contribution in [0.4, 0.5) is 0 Å². The summed E-state index contributed by atoms with van der Waals surface area (Å²) in [5, 5.41) is 8.64. The molecular weight excluding hydrogens is 276 g/mol. The molecule has 0 aliphatic heterocycles. The van der Waals surface area contributed by atoms with Crippen LogP contribution in [-0.2, 0) is 9.84 Å². The molecule has 110 valence electrons. The number of aryl methyl sites for hydroxylation is 1. The van der Waals surface area contributed by atoms with Crippen molar-refractivity contribution in [3.8, 4) is 0 Å². The van der Waals surface area contributed by atoms with E-state index < -0.39 is 15.8 Å². The summed E-state index contributed by atoms with van der Waals surface area (Å²) in [6.45, 7) is 3.85. The van der Waals surface area contributed by atoms with Gasteiger partial charge in [0.05, 0.1) is 15.7 Å². The summed E-state index contributed by atoms with van der Waals surface area (Å²) in [5.41, 5.74) is 0.645. The lowest BCUT2D eigenvalue weighted by atomic mass is 9.91. The fraction of sp³-hybridized carbons (Fsp3) is 0.533. The Bertz CT molecular complexity index is 611. The summed E-state index contributed by atoms with van der Waals surface area (Å²) in [5.74, 6) is -0.522. The molecule has 0 bridgehead atoms. The van der Waals surface area contributed by atoms with Gasteiger partial charge in [-0.1, -0.05) is 13.0 Å². The van der Waals surface area contributed by atoms with Gasteiger partial charge in [0.15, 0.2) is 9.84 Å². The van der Waals surface area contributed by atoms with Crippen LogP contribution in [-0.4, -0.2) is 24.7 Å². The first-order chi connectivity index (χ1) is 9.32. The van der Waals surface area contributed by atoms with Gasteiger partial charge in [0.1, 0.15) is 0 Å². The number of sulfone groups is 1. The molecular formula is C15H20O4S. The number of hydrogen-bond acceptors (Lipinski definition) is 3. The summed E-state index contributed by atoms with van der Waals surface area (Å²) < 4.78 is 25.4. The topological polar surface area (TPSA) is 71.4 Å². The van der Waals surface area contributed by atoms with Crippen LogP contribution in [0.3, 0.4) is 0 Å².